The largest absolute Gasteiger partial charge is 0.497 e. The van der Waals surface area contributed by atoms with Crippen LogP contribution in [0.25, 0.3) is 0 Å². The number of hydrogen-bond acceptors (Lipinski definition) is 6. The minimum Gasteiger partial charge on any atom is -0.497 e. The minimum absolute atomic E-state index is 0.301. The first-order valence-electron chi connectivity index (χ1n) is 5.73. The molecule has 0 N–H and O–H groups in total. The zero-order valence-corrected chi connectivity index (χ0v) is 9.85. The molecule has 0 aromatic rings. The number of ether oxygens (including phenoxy) is 4. The van der Waals surface area contributed by atoms with Crippen molar-refractivity contribution in [2.45, 2.75) is 12.8 Å². The first-order valence-corrected chi connectivity index (χ1v) is 5.73. The lowest BCUT2D eigenvalue weighted by Crippen LogP contribution is -2.01. The Morgan fingerprint density at radius 3 is 1.67 bits per heavy atom. The predicted molar refractivity (Wildman–Crippen MR) is 59.2 cm³/mol. The van der Waals surface area contributed by atoms with E-state index in [1.54, 1.807) is 0 Å². The average molecular weight is 254 g/mol. The SMILES string of the molecule is O=C1OCCC1=COCCOC=C1CCOC1=O. The molecule has 0 aromatic heterocycles. The van der Waals surface area contributed by atoms with E-state index < -0.39 is 0 Å². The van der Waals surface area contributed by atoms with Crippen LogP contribution in [0.1, 0.15) is 12.8 Å². The van der Waals surface area contributed by atoms with Crippen molar-refractivity contribution in [3.8, 4) is 0 Å². The van der Waals surface area contributed by atoms with Crippen molar-refractivity contribution in [2.24, 2.45) is 0 Å². The molecule has 2 aliphatic rings. The second-order valence-electron chi connectivity index (χ2n) is 3.80. The summed E-state index contributed by atoms with van der Waals surface area (Å²) in [4.78, 5) is 22.1. The molecule has 6 nitrogen and oxygen atoms in total. The van der Waals surface area contributed by atoms with Crippen LogP contribution in [0, 0.1) is 0 Å². The molecular weight excluding hydrogens is 240 g/mol. The zero-order valence-electron chi connectivity index (χ0n) is 9.85. The van der Waals surface area contributed by atoms with Crippen molar-refractivity contribution in [1.82, 2.24) is 0 Å². The molecule has 6 heteroatoms. The second kappa shape index (κ2) is 6.09. The van der Waals surface area contributed by atoms with Crippen molar-refractivity contribution >= 4 is 11.9 Å². The van der Waals surface area contributed by atoms with Crippen LogP contribution in [-0.2, 0) is 28.5 Å². The molecule has 2 heterocycles. The van der Waals surface area contributed by atoms with Gasteiger partial charge >= 0.3 is 11.9 Å². The maximum Gasteiger partial charge on any atom is 0.337 e. The Hall–Kier alpha value is -1.98. The summed E-state index contributed by atoms with van der Waals surface area (Å²) in [6, 6.07) is 0. The molecule has 0 atom stereocenters. The van der Waals surface area contributed by atoms with Crippen LogP contribution in [0.4, 0.5) is 0 Å². The van der Waals surface area contributed by atoms with Crippen LogP contribution >= 0.6 is 0 Å². The summed E-state index contributed by atoms with van der Waals surface area (Å²) >= 11 is 0. The number of carbonyl (C=O) groups is 2. The van der Waals surface area contributed by atoms with Crippen LogP contribution in [0.5, 0.6) is 0 Å². The molecule has 2 saturated heterocycles. The van der Waals surface area contributed by atoms with Gasteiger partial charge in [0.1, 0.15) is 13.2 Å². The lowest BCUT2D eigenvalue weighted by Gasteiger charge is -2.02. The van der Waals surface area contributed by atoms with Gasteiger partial charge in [-0.2, -0.15) is 0 Å². The fourth-order valence-corrected chi connectivity index (χ4v) is 1.53. The predicted octanol–water partition coefficient (Wildman–Crippen LogP) is 0.681. The summed E-state index contributed by atoms with van der Waals surface area (Å²) in [5, 5.41) is 0. The highest BCUT2D eigenvalue weighted by Crippen LogP contribution is 2.13. The topological polar surface area (TPSA) is 71.1 Å². The van der Waals surface area contributed by atoms with E-state index in [4.69, 9.17) is 18.9 Å². The van der Waals surface area contributed by atoms with E-state index in [9.17, 15) is 9.59 Å². The summed E-state index contributed by atoms with van der Waals surface area (Å²) < 4.78 is 19.8. The molecule has 0 amide bonds. The molecule has 0 unspecified atom stereocenters. The molecule has 98 valence electrons. The Balaban J connectivity index is 1.62. The summed E-state index contributed by atoms with van der Waals surface area (Å²) in [6.45, 7) is 1.43. The molecule has 2 aliphatic heterocycles. The second-order valence-corrected chi connectivity index (χ2v) is 3.80. The molecule has 2 fully saturated rings. The normalized spacial score (nSPS) is 23.3. The van der Waals surface area contributed by atoms with Gasteiger partial charge in [0, 0.05) is 12.8 Å². The molecule has 0 radical (unpaired) electrons. The van der Waals surface area contributed by atoms with Crippen LogP contribution < -0.4 is 0 Å². The maximum atomic E-state index is 11.0. The van der Waals surface area contributed by atoms with E-state index in [1.165, 1.54) is 12.5 Å². The van der Waals surface area contributed by atoms with Crippen molar-refractivity contribution < 1.29 is 28.5 Å². The Labute approximate surface area is 104 Å². The minimum atomic E-state index is -0.327. The van der Waals surface area contributed by atoms with E-state index in [1.807, 2.05) is 0 Å². The number of esters is 2. The van der Waals surface area contributed by atoms with Gasteiger partial charge in [0.05, 0.1) is 36.9 Å². The standard InChI is InChI=1S/C12H14O6/c13-11-9(1-3-17-11)7-15-5-6-16-8-10-2-4-18-12(10)14/h7-8H,1-6H2. The van der Waals surface area contributed by atoms with E-state index in [2.05, 4.69) is 0 Å². The van der Waals surface area contributed by atoms with Gasteiger partial charge in [0.2, 0.25) is 0 Å². The van der Waals surface area contributed by atoms with Crippen molar-refractivity contribution in [1.29, 1.82) is 0 Å². The van der Waals surface area contributed by atoms with E-state index in [0.717, 1.165) is 0 Å². The van der Waals surface area contributed by atoms with Gasteiger partial charge in [-0.05, 0) is 0 Å². The molecule has 0 saturated carbocycles. The molecular formula is C12H14O6. The monoisotopic (exact) mass is 254 g/mol. The van der Waals surface area contributed by atoms with Gasteiger partial charge in [0.15, 0.2) is 0 Å². The molecule has 0 spiro atoms. The number of rotatable bonds is 5. The van der Waals surface area contributed by atoms with E-state index in [-0.39, 0.29) is 11.9 Å². The fourth-order valence-electron chi connectivity index (χ4n) is 1.53. The van der Waals surface area contributed by atoms with Crippen molar-refractivity contribution in [3.05, 3.63) is 23.7 Å². The van der Waals surface area contributed by atoms with Crippen LogP contribution in [0.2, 0.25) is 0 Å². The van der Waals surface area contributed by atoms with Crippen LogP contribution in [-0.4, -0.2) is 38.4 Å². The average Bonchev–Trinajstić information content (AvgIpc) is 2.94. The third-order valence-electron chi connectivity index (χ3n) is 2.50. The first kappa shape index (κ1) is 12.5. The molecule has 18 heavy (non-hydrogen) atoms. The lowest BCUT2D eigenvalue weighted by atomic mass is 10.2. The van der Waals surface area contributed by atoms with E-state index in [0.29, 0.717) is 50.4 Å². The maximum absolute atomic E-state index is 11.0. The quantitative estimate of drug-likeness (QED) is 0.311. The summed E-state index contributed by atoms with van der Waals surface area (Å²) in [7, 11) is 0. The zero-order chi connectivity index (χ0) is 12.8. The van der Waals surface area contributed by atoms with Gasteiger partial charge in [-0.15, -0.1) is 0 Å². The smallest absolute Gasteiger partial charge is 0.337 e. The lowest BCUT2D eigenvalue weighted by molar-refractivity contribution is -0.136. The highest BCUT2D eigenvalue weighted by Gasteiger charge is 2.19. The number of carbonyl (C=O) groups excluding carboxylic acids is 2. The van der Waals surface area contributed by atoms with Gasteiger partial charge in [-0.3, -0.25) is 0 Å². The van der Waals surface area contributed by atoms with Crippen molar-refractivity contribution in [2.75, 3.05) is 26.4 Å². The fraction of sp³-hybridized carbons (Fsp3) is 0.500. The Kier molecular flexibility index (Phi) is 4.22. The van der Waals surface area contributed by atoms with Crippen molar-refractivity contribution in [3.63, 3.8) is 0 Å². The number of hydrogen-bond donors (Lipinski definition) is 0. The first-order chi connectivity index (χ1) is 8.77. The summed E-state index contributed by atoms with van der Waals surface area (Å²) in [5.74, 6) is -0.654. The summed E-state index contributed by atoms with van der Waals surface area (Å²) in [5.41, 5.74) is 1.07. The third kappa shape index (κ3) is 3.26. The van der Waals surface area contributed by atoms with E-state index >= 15 is 0 Å². The Bertz CT molecular complexity index is 357. The molecule has 0 bridgehead atoms. The van der Waals surface area contributed by atoms with Gasteiger partial charge < -0.3 is 18.9 Å². The highest BCUT2D eigenvalue weighted by molar-refractivity contribution is 5.90. The highest BCUT2D eigenvalue weighted by atomic mass is 16.5. The van der Waals surface area contributed by atoms with Gasteiger partial charge in [-0.1, -0.05) is 0 Å². The van der Waals surface area contributed by atoms with Crippen LogP contribution in [0.15, 0.2) is 23.7 Å². The summed E-state index contributed by atoms with van der Waals surface area (Å²) in [6.07, 6.45) is 3.95. The number of cyclic esters (lactones) is 2. The molecule has 0 aliphatic carbocycles. The molecule has 2 rings (SSSR count). The Morgan fingerprint density at radius 1 is 0.889 bits per heavy atom. The molecule has 0 aromatic carbocycles. The van der Waals surface area contributed by atoms with Gasteiger partial charge in [0.25, 0.3) is 0 Å². The van der Waals surface area contributed by atoms with Gasteiger partial charge in [-0.25, -0.2) is 9.59 Å². The third-order valence-corrected chi connectivity index (χ3v) is 2.50. The van der Waals surface area contributed by atoms with Crippen LogP contribution in [0.3, 0.4) is 0 Å². The Morgan fingerprint density at radius 2 is 1.33 bits per heavy atom.